The van der Waals surface area contributed by atoms with E-state index in [0.29, 0.717) is 22.8 Å². The minimum Gasteiger partial charge on any atom is -0.353 e. The van der Waals surface area contributed by atoms with Crippen LogP contribution in [0.15, 0.2) is 39.1 Å². The summed E-state index contributed by atoms with van der Waals surface area (Å²) in [5.41, 5.74) is -0.482. The third-order valence-electron chi connectivity index (χ3n) is 5.40. The first-order valence-electron chi connectivity index (χ1n) is 10.2. The van der Waals surface area contributed by atoms with E-state index in [0.717, 1.165) is 49.6 Å². The van der Waals surface area contributed by atoms with Gasteiger partial charge in [-0.15, -0.1) is 11.8 Å². The van der Waals surface area contributed by atoms with Crippen LogP contribution in [0.3, 0.4) is 0 Å². The molecule has 1 saturated carbocycles. The Balaban J connectivity index is 1.62. The van der Waals surface area contributed by atoms with Crippen molar-refractivity contribution in [3.8, 4) is 5.69 Å². The fraction of sp³-hybridized carbons (Fsp3) is 0.476. The number of hydrogen-bond donors (Lipinski definition) is 1. The molecule has 1 aromatic carbocycles. The van der Waals surface area contributed by atoms with E-state index in [4.69, 9.17) is 0 Å². The van der Waals surface area contributed by atoms with E-state index in [-0.39, 0.29) is 34.1 Å². The summed E-state index contributed by atoms with van der Waals surface area (Å²) in [6.07, 6.45) is 1.39. The number of fused-ring (bicyclic) bond motifs is 1. The van der Waals surface area contributed by atoms with Crippen LogP contribution in [0.5, 0.6) is 0 Å². The Hall–Kier alpha value is -1.94. The number of alkyl halides is 3. The lowest BCUT2D eigenvalue weighted by molar-refractivity contribution is -0.137. The zero-order chi connectivity index (χ0) is 22.0. The first-order chi connectivity index (χ1) is 14.8. The van der Waals surface area contributed by atoms with Crippen molar-refractivity contribution in [2.75, 3.05) is 11.5 Å². The van der Waals surface area contributed by atoms with E-state index in [2.05, 4.69) is 10.3 Å². The molecule has 2 aromatic rings. The van der Waals surface area contributed by atoms with Crippen LogP contribution in [-0.2, 0) is 17.4 Å². The molecule has 1 aromatic heterocycles. The molecular formula is C21H22F3N3O2S2. The molecule has 4 rings (SSSR count). The van der Waals surface area contributed by atoms with Crippen molar-refractivity contribution in [3.05, 3.63) is 45.9 Å². The molecule has 0 unspecified atom stereocenters. The highest BCUT2D eigenvalue weighted by molar-refractivity contribution is 8.00. The maximum absolute atomic E-state index is 13.2. The Kier molecular flexibility index (Phi) is 6.66. The average Bonchev–Trinajstić information content (AvgIpc) is 3.21. The fourth-order valence-corrected chi connectivity index (χ4v) is 5.75. The molecule has 1 fully saturated rings. The van der Waals surface area contributed by atoms with Gasteiger partial charge in [0.15, 0.2) is 5.16 Å². The predicted molar refractivity (Wildman–Crippen MR) is 115 cm³/mol. The van der Waals surface area contributed by atoms with E-state index < -0.39 is 11.7 Å². The number of thioether (sulfide) groups is 2. The third kappa shape index (κ3) is 5.11. The molecule has 5 nitrogen and oxygen atoms in total. The number of nitrogens with one attached hydrogen (secondary N) is 1. The van der Waals surface area contributed by atoms with Crippen LogP contribution in [0, 0.1) is 0 Å². The number of nitrogens with zero attached hydrogens (tertiary/aromatic N) is 2. The lowest BCUT2D eigenvalue weighted by Crippen LogP contribution is -2.37. The fourth-order valence-electron chi connectivity index (χ4n) is 3.88. The number of benzene rings is 1. The van der Waals surface area contributed by atoms with Gasteiger partial charge in [0, 0.05) is 18.2 Å². The highest BCUT2D eigenvalue weighted by Crippen LogP contribution is 2.33. The summed E-state index contributed by atoms with van der Waals surface area (Å²) in [7, 11) is 0. The summed E-state index contributed by atoms with van der Waals surface area (Å²) >= 11 is 2.44. The molecule has 2 heterocycles. The summed E-state index contributed by atoms with van der Waals surface area (Å²) in [5.74, 6) is 0.598. The van der Waals surface area contributed by atoms with Gasteiger partial charge in [0.05, 0.1) is 27.6 Å². The van der Waals surface area contributed by atoms with E-state index in [9.17, 15) is 22.8 Å². The van der Waals surface area contributed by atoms with Crippen LogP contribution in [0.4, 0.5) is 13.2 Å². The van der Waals surface area contributed by atoms with Gasteiger partial charge in [-0.25, -0.2) is 4.98 Å². The second-order valence-electron chi connectivity index (χ2n) is 7.65. The van der Waals surface area contributed by atoms with Crippen LogP contribution >= 0.6 is 23.5 Å². The molecule has 1 amide bonds. The topological polar surface area (TPSA) is 64.0 Å². The van der Waals surface area contributed by atoms with Crippen molar-refractivity contribution < 1.29 is 18.0 Å². The van der Waals surface area contributed by atoms with Crippen molar-refractivity contribution in [2.24, 2.45) is 0 Å². The average molecular weight is 470 g/mol. The molecule has 31 heavy (non-hydrogen) atoms. The van der Waals surface area contributed by atoms with Crippen LogP contribution in [-0.4, -0.2) is 33.0 Å². The molecule has 0 spiro atoms. The lowest BCUT2D eigenvalue weighted by Gasteiger charge is -2.22. The smallest absolute Gasteiger partial charge is 0.353 e. The number of rotatable bonds is 5. The molecule has 1 aliphatic heterocycles. The summed E-state index contributed by atoms with van der Waals surface area (Å²) in [6.45, 7) is 0. The first kappa shape index (κ1) is 22.3. The van der Waals surface area contributed by atoms with Gasteiger partial charge in [-0.1, -0.05) is 37.1 Å². The number of halogens is 3. The number of carbonyl (C=O) groups is 1. The Labute approximate surface area is 186 Å². The second kappa shape index (κ2) is 9.28. The largest absolute Gasteiger partial charge is 0.416 e. The molecule has 1 N–H and O–H groups in total. The molecule has 0 radical (unpaired) electrons. The molecule has 10 heteroatoms. The molecular weight excluding hydrogens is 447 g/mol. The number of carbonyl (C=O) groups excluding carboxylic acids is 1. The monoisotopic (exact) mass is 469 g/mol. The van der Waals surface area contributed by atoms with E-state index in [1.807, 2.05) is 0 Å². The maximum atomic E-state index is 13.2. The number of aromatic nitrogens is 2. The summed E-state index contributed by atoms with van der Waals surface area (Å²) < 4.78 is 40.8. The number of amides is 1. The minimum absolute atomic E-state index is 0.0494. The van der Waals surface area contributed by atoms with Crippen molar-refractivity contribution in [1.82, 2.24) is 14.9 Å². The summed E-state index contributed by atoms with van der Waals surface area (Å²) in [4.78, 5) is 30.6. The van der Waals surface area contributed by atoms with Gasteiger partial charge in [0.2, 0.25) is 5.91 Å². The van der Waals surface area contributed by atoms with E-state index in [1.54, 1.807) is 0 Å². The van der Waals surface area contributed by atoms with Gasteiger partial charge >= 0.3 is 6.18 Å². The quantitative estimate of drug-likeness (QED) is 0.518. The Bertz CT molecular complexity index is 1030. The van der Waals surface area contributed by atoms with Crippen LogP contribution in [0.25, 0.3) is 5.69 Å². The van der Waals surface area contributed by atoms with Crippen molar-refractivity contribution in [1.29, 1.82) is 0 Å². The van der Waals surface area contributed by atoms with Crippen LogP contribution in [0.1, 0.15) is 43.4 Å². The Morgan fingerprint density at radius 3 is 2.77 bits per heavy atom. The molecule has 0 bridgehead atoms. The van der Waals surface area contributed by atoms with Gasteiger partial charge in [0.25, 0.3) is 5.56 Å². The van der Waals surface area contributed by atoms with E-state index >= 15 is 0 Å². The van der Waals surface area contributed by atoms with Crippen molar-refractivity contribution in [3.63, 3.8) is 0 Å². The van der Waals surface area contributed by atoms with Gasteiger partial charge in [-0.05, 0) is 31.0 Å². The zero-order valence-corrected chi connectivity index (χ0v) is 18.3. The zero-order valence-electron chi connectivity index (χ0n) is 16.7. The van der Waals surface area contributed by atoms with Crippen LogP contribution < -0.4 is 10.9 Å². The molecule has 1 aliphatic carbocycles. The predicted octanol–water partition coefficient (Wildman–Crippen LogP) is 4.44. The highest BCUT2D eigenvalue weighted by atomic mass is 32.2. The highest BCUT2D eigenvalue weighted by Gasteiger charge is 2.31. The summed E-state index contributed by atoms with van der Waals surface area (Å²) in [5, 5.41) is 3.26. The molecule has 0 saturated heterocycles. The Morgan fingerprint density at radius 1 is 1.26 bits per heavy atom. The van der Waals surface area contributed by atoms with Gasteiger partial charge in [-0.3, -0.25) is 14.2 Å². The normalized spacial score (nSPS) is 16.9. The molecule has 0 atom stereocenters. The van der Waals surface area contributed by atoms with Crippen molar-refractivity contribution >= 4 is 29.4 Å². The first-order valence-corrected chi connectivity index (χ1v) is 12.2. The van der Waals surface area contributed by atoms with Gasteiger partial charge in [0.1, 0.15) is 0 Å². The minimum atomic E-state index is -4.52. The van der Waals surface area contributed by atoms with E-state index in [1.165, 1.54) is 34.9 Å². The second-order valence-corrected chi connectivity index (χ2v) is 9.70. The SMILES string of the molecule is O=C(CSc1nc2c(c(=O)n1-c1cccc(C(F)(F)F)c1)SCC2)NC1CCCCC1. The number of hydrogen-bond acceptors (Lipinski definition) is 5. The van der Waals surface area contributed by atoms with Crippen molar-refractivity contribution in [2.45, 2.75) is 60.8 Å². The van der Waals surface area contributed by atoms with Crippen LogP contribution in [0.2, 0.25) is 0 Å². The van der Waals surface area contributed by atoms with Gasteiger partial charge < -0.3 is 5.32 Å². The number of aryl methyl sites for hydroxylation is 1. The standard InChI is InChI=1S/C21H22F3N3O2S2/c22-21(23,24)13-5-4-8-15(11-13)27-19(29)18-16(9-10-30-18)26-20(27)31-12-17(28)25-14-6-2-1-3-7-14/h4-5,8,11,14H,1-3,6-7,9-10,12H2,(H,25,28). The lowest BCUT2D eigenvalue weighted by atomic mass is 9.95. The molecule has 2 aliphatic rings. The maximum Gasteiger partial charge on any atom is 0.416 e. The Morgan fingerprint density at radius 2 is 2.03 bits per heavy atom. The molecule has 166 valence electrons. The third-order valence-corrected chi connectivity index (χ3v) is 7.45. The summed E-state index contributed by atoms with van der Waals surface area (Å²) in [6, 6.07) is 4.80. The van der Waals surface area contributed by atoms with Gasteiger partial charge in [-0.2, -0.15) is 13.2 Å².